The molecule has 0 saturated heterocycles. The topological polar surface area (TPSA) is 109 Å². The number of anilines is 1. The number of nitrogens with one attached hydrogen (secondary N) is 1. The molecule has 0 aliphatic carbocycles. The van der Waals surface area contributed by atoms with Crippen molar-refractivity contribution in [1.82, 2.24) is 4.98 Å². The lowest BCUT2D eigenvalue weighted by Gasteiger charge is -2.07. The highest BCUT2D eigenvalue weighted by atomic mass is 16.5. The Balaban J connectivity index is 2.20. The summed E-state index contributed by atoms with van der Waals surface area (Å²) >= 11 is 0. The molecule has 108 valence electrons. The summed E-state index contributed by atoms with van der Waals surface area (Å²) in [6.07, 6.45) is 0. The molecule has 0 atom stereocenters. The molecule has 0 radical (unpaired) electrons. The van der Waals surface area contributed by atoms with Crippen LogP contribution in [0.3, 0.4) is 0 Å². The van der Waals surface area contributed by atoms with E-state index in [4.69, 9.17) is 9.84 Å². The molecule has 0 aliphatic heterocycles. The molecule has 0 fully saturated rings. The van der Waals surface area contributed by atoms with Crippen molar-refractivity contribution in [3.05, 3.63) is 47.7 Å². The first-order valence-corrected chi connectivity index (χ1v) is 5.90. The number of phenols is 1. The Morgan fingerprint density at radius 2 is 2.00 bits per heavy atom. The van der Waals surface area contributed by atoms with Gasteiger partial charge in [-0.3, -0.25) is 4.79 Å². The smallest absolute Gasteiger partial charge is 0.354 e. The Bertz CT molecular complexity index is 700. The molecule has 0 bridgehead atoms. The molecule has 1 amide bonds. The van der Waals surface area contributed by atoms with Crippen LogP contribution in [0.1, 0.15) is 20.8 Å². The first-order valence-electron chi connectivity index (χ1n) is 5.90. The maximum Gasteiger partial charge on any atom is 0.354 e. The van der Waals surface area contributed by atoms with Crippen LogP contribution in [0.15, 0.2) is 36.4 Å². The van der Waals surface area contributed by atoms with E-state index in [1.165, 1.54) is 43.5 Å². The van der Waals surface area contributed by atoms with Crippen LogP contribution in [0.2, 0.25) is 0 Å². The normalized spacial score (nSPS) is 9.95. The van der Waals surface area contributed by atoms with E-state index in [-0.39, 0.29) is 28.6 Å². The Kier molecular flexibility index (Phi) is 4.03. The van der Waals surface area contributed by atoms with Gasteiger partial charge in [-0.15, -0.1) is 0 Å². The maximum atomic E-state index is 12.0. The van der Waals surface area contributed by atoms with Crippen molar-refractivity contribution in [3.8, 4) is 11.5 Å². The summed E-state index contributed by atoms with van der Waals surface area (Å²) < 4.78 is 4.88. The van der Waals surface area contributed by atoms with Gasteiger partial charge in [0.25, 0.3) is 5.91 Å². The number of aromatic hydroxyl groups is 1. The lowest BCUT2D eigenvalue weighted by molar-refractivity contribution is 0.0690. The fourth-order valence-corrected chi connectivity index (χ4v) is 1.64. The molecule has 21 heavy (non-hydrogen) atoms. The summed E-state index contributed by atoms with van der Waals surface area (Å²) in [5.74, 6) is -1.53. The second-order valence-corrected chi connectivity index (χ2v) is 4.05. The molecule has 3 N–H and O–H groups in total. The highest BCUT2D eigenvalue weighted by molar-refractivity contribution is 6.04. The SMILES string of the molecule is COc1ccc(C(=O)Nc2cccc(C(=O)O)n2)cc1O. The molecular weight excluding hydrogens is 276 g/mol. The molecule has 0 spiro atoms. The number of carboxylic acids is 1. The number of amides is 1. The largest absolute Gasteiger partial charge is 0.504 e. The van der Waals surface area contributed by atoms with Crippen LogP contribution in [-0.2, 0) is 0 Å². The summed E-state index contributed by atoms with van der Waals surface area (Å²) in [7, 11) is 1.40. The minimum Gasteiger partial charge on any atom is -0.504 e. The number of carbonyl (C=O) groups excluding carboxylic acids is 1. The number of aromatic nitrogens is 1. The highest BCUT2D eigenvalue weighted by Gasteiger charge is 2.12. The van der Waals surface area contributed by atoms with Crippen LogP contribution in [0.5, 0.6) is 11.5 Å². The van der Waals surface area contributed by atoms with E-state index in [0.717, 1.165) is 0 Å². The van der Waals surface area contributed by atoms with E-state index in [9.17, 15) is 14.7 Å². The number of aromatic carboxylic acids is 1. The number of hydrogen-bond acceptors (Lipinski definition) is 5. The van der Waals surface area contributed by atoms with Crippen LogP contribution in [0, 0.1) is 0 Å². The Morgan fingerprint density at radius 1 is 1.24 bits per heavy atom. The molecule has 0 aliphatic rings. The monoisotopic (exact) mass is 288 g/mol. The van der Waals surface area contributed by atoms with Crippen molar-refractivity contribution in [2.75, 3.05) is 12.4 Å². The van der Waals surface area contributed by atoms with Gasteiger partial charge in [0.05, 0.1) is 7.11 Å². The van der Waals surface area contributed by atoms with Gasteiger partial charge in [0.1, 0.15) is 5.82 Å². The van der Waals surface area contributed by atoms with Gasteiger partial charge in [-0.1, -0.05) is 6.07 Å². The highest BCUT2D eigenvalue weighted by Crippen LogP contribution is 2.26. The third-order valence-corrected chi connectivity index (χ3v) is 2.65. The molecule has 7 heteroatoms. The van der Waals surface area contributed by atoms with Gasteiger partial charge in [0, 0.05) is 5.56 Å². The number of carboxylic acid groups (broad SMARTS) is 1. The minimum atomic E-state index is -1.19. The first-order chi connectivity index (χ1) is 10.0. The van der Waals surface area contributed by atoms with E-state index >= 15 is 0 Å². The van der Waals surface area contributed by atoms with Gasteiger partial charge in [-0.05, 0) is 30.3 Å². The fourth-order valence-electron chi connectivity index (χ4n) is 1.64. The standard InChI is InChI=1S/C14H12N2O5/c1-21-11-6-5-8(7-10(11)17)13(18)16-12-4-2-3-9(15-12)14(19)20/h2-7,17H,1H3,(H,19,20)(H,15,16,18). The molecule has 2 aromatic rings. The zero-order chi connectivity index (χ0) is 15.4. The van der Waals surface area contributed by atoms with Gasteiger partial charge in [-0.25, -0.2) is 9.78 Å². The molecule has 2 rings (SSSR count). The van der Waals surface area contributed by atoms with Crippen molar-refractivity contribution in [2.24, 2.45) is 0 Å². The van der Waals surface area contributed by atoms with Gasteiger partial charge >= 0.3 is 5.97 Å². The lowest BCUT2D eigenvalue weighted by Crippen LogP contribution is -2.14. The van der Waals surface area contributed by atoms with E-state index in [1.54, 1.807) is 0 Å². The summed E-state index contributed by atoms with van der Waals surface area (Å²) in [6.45, 7) is 0. The van der Waals surface area contributed by atoms with E-state index in [1.807, 2.05) is 0 Å². The Hall–Kier alpha value is -3.09. The number of carbonyl (C=O) groups is 2. The van der Waals surface area contributed by atoms with Crippen molar-refractivity contribution < 1.29 is 24.5 Å². The molecule has 1 aromatic heterocycles. The lowest BCUT2D eigenvalue weighted by atomic mass is 10.2. The number of phenolic OH excluding ortho intramolecular Hbond substituents is 1. The number of ether oxygens (including phenoxy) is 1. The number of hydrogen-bond donors (Lipinski definition) is 3. The number of benzene rings is 1. The van der Waals surface area contributed by atoms with Crippen LogP contribution in [0.25, 0.3) is 0 Å². The maximum absolute atomic E-state index is 12.0. The zero-order valence-corrected chi connectivity index (χ0v) is 11.0. The Morgan fingerprint density at radius 3 is 2.62 bits per heavy atom. The summed E-state index contributed by atoms with van der Waals surface area (Å²) in [5.41, 5.74) is 0.0150. The van der Waals surface area contributed by atoms with Gasteiger partial charge in [0.2, 0.25) is 0 Å². The summed E-state index contributed by atoms with van der Waals surface area (Å²) in [4.78, 5) is 26.6. The van der Waals surface area contributed by atoms with E-state index in [2.05, 4.69) is 10.3 Å². The minimum absolute atomic E-state index is 0.107. The average Bonchev–Trinajstić information content (AvgIpc) is 2.47. The third-order valence-electron chi connectivity index (χ3n) is 2.65. The molecule has 0 unspecified atom stereocenters. The summed E-state index contributed by atoms with van der Waals surface area (Å²) in [6, 6.07) is 8.41. The third kappa shape index (κ3) is 3.27. The quantitative estimate of drug-likeness (QED) is 0.790. The van der Waals surface area contributed by atoms with Crippen molar-refractivity contribution in [3.63, 3.8) is 0 Å². The van der Waals surface area contributed by atoms with E-state index < -0.39 is 11.9 Å². The average molecular weight is 288 g/mol. The van der Waals surface area contributed by atoms with Gasteiger partial charge in [-0.2, -0.15) is 0 Å². The molecule has 1 heterocycles. The van der Waals surface area contributed by atoms with Crippen molar-refractivity contribution >= 4 is 17.7 Å². The molecule has 1 aromatic carbocycles. The first kappa shape index (κ1) is 14.3. The van der Waals surface area contributed by atoms with Crippen molar-refractivity contribution in [2.45, 2.75) is 0 Å². The van der Waals surface area contributed by atoms with Gasteiger partial charge in [0.15, 0.2) is 17.2 Å². The predicted octanol–water partition coefficient (Wildman–Crippen LogP) is 1.75. The predicted molar refractivity (Wildman–Crippen MR) is 73.8 cm³/mol. The number of rotatable bonds is 4. The zero-order valence-electron chi connectivity index (χ0n) is 11.0. The van der Waals surface area contributed by atoms with Gasteiger partial charge < -0.3 is 20.3 Å². The molecule has 0 saturated carbocycles. The Labute approximate surface area is 119 Å². The number of pyridine rings is 1. The van der Waals surface area contributed by atoms with Crippen molar-refractivity contribution in [1.29, 1.82) is 0 Å². The number of nitrogens with zero attached hydrogens (tertiary/aromatic N) is 1. The van der Waals surface area contributed by atoms with Crippen LogP contribution >= 0.6 is 0 Å². The second-order valence-electron chi connectivity index (χ2n) is 4.05. The van der Waals surface area contributed by atoms with Crippen LogP contribution < -0.4 is 10.1 Å². The fraction of sp³-hybridized carbons (Fsp3) is 0.0714. The van der Waals surface area contributed by atoms with Crippen LogP contribution in [0.4, 0.5) is 5.82 Å². The summed E-state index contributed by atoms with van der Waals surface area (Å²) in [5, 5.41) is 20.9. The van der Waals surface area contributed by atoms with E-state index in [0.29, 0.717) is 0 Å². The van der Waals surface area contributed by atoms with Crippen LogP contribution in [-0.4, -0.2) is 34.2 Å². The molecular formula is C14H12N2O5. The number of methoxy groups -OCH3 is 1. The second kappa shape index (κ2) is 5.91. The molecule has 7 nitrogen and oxygen atoms in total.